The zero-order valence-corrected chi connectivity index (χ0v) is 18.4. The van der Waals surface area contributed by atoms with Crippen molar-refractivity contribution in [1.29, 1.82) is 0 Å². The Labute approximate surface area is 186 Å². The highest BCUT2D eigenvalue weighted by molar-refractivity contribution is 6.31. The Hall–Kier alpha value is -3.06. The van der Waals surface area contributed by atoms with Gasteiger partial charge in [-0.05, 0) is 30.7 Å². The van der Waals surface area contributed by atoms with E-state index in [0.29, 0.717) is 36.1 Å². The summed E-state index contributed by atoms with van der Waals surface area (Å²) in [5, 5.41) is 3.37. The molecule has 1 atom stereocenters. The zero-order valence-electron chi connectivity index (χ0n) is 17.6. The minimum atomic E-state index is -0.473. The average molecular weight is 444 g/mol. The number of anilines is 1. The Morgan fingerprint density at radius 3 is 2.71 bits per heavy atom. The summed E-state index contributed by atoms with van der Waals surface area (Å²) < 4.78 is 5.15. The van der Waals surface area contributed by atoms with E-state index in [-0.39, 0.29) is 30.7 Å². The first kappa shape index (κ1) is 22.6. The number of carbonyl (C=O) groups excluding carboxylic acids is 3. The number of methoxy groups -OCH3 is 1. The molecule has 2 aromatic rings. The van der Waals surface area contributed by atoms with Gasteiger partial charge in [0.25, 0.3) is 0 Å². The fraction of sp³-hybridized carbons (Fsp3) is 0.348. The number of carbonyl (C=O) groups is 3. The molecule has 0 radical (unpaired) electrons. The van der Waals surface area contributed by atoms with Crippen LogP contribution in [0, 0.1) is 5.92 Å². The molecule has 7 nitrogen and oxygen atoms in total. The summed E-state index contributed by atoms with van der Waals surface area (Å²) in [5.74, 6) is -0.432. The van der Waals surface area contributed by atoms with Crippen LogP contribution in [0.25, 0.3) is 0 Å². The van der Waals surface area contributed by atoms with Crippen LogP contribution in [0.3, 0.4) is 0 Å². The number of nitrogens with zero attached hydrogens (tertiary/aromatic N) is 2. The van der Waals surface area contributed by atoms with Gasteiger partial charge in [-0.2, -0.15) is 0 Å². The van der Waals surface area contributed by atoms with Gasteiger partial charge in [-0.25, -0.2) is 0 Å². The standard InChI is InChI=1S/C23H26ClN3O4/c1-3-26(15-21(28)25-18-8-6-9-19(12-18)31-2)23(30)17-11-22(29)27(14-17)13-16-7-4-5-10-20(16)24/h4-10,12,17H,3,11,13-15H2,1-2H3,(H,25,28)/t17-/m1/s1. The van der Waals surface area contributed by atoms with Crippen LogP contribution in [0.2, 0.25) is 5.02 Å². The van der Waals surface area contributed by atoms with Crippen molar-refractivity contribution >= 4 is 35.0 Å². The molecule has 1 aliphatic heterocycles. The maximum atomic E-state index is 13.0. The summed E-state index contributed by atoms with van der Waals surface area (Å²) in [6.45, 7) is 2.79. The van der Waals surface area contributed by atoms with E-state index in [2.05, 4.69) is 5.32 Å². The number of amides is 3. The van der Waals surface area contributed by atoms with E-state index in [0.717, 1.165) is 5.56 Å². The van der Waals surface area contributed by atoms with Crippen LogP contribution in [0.5, 0.6) is 5.75 Å². The molecule has 0 aliphatic carbocycles. The fourth-order valence-corrected chi connectivity index (χ4v) is 3.80. The van der Waals surface area contributed by atoms with E-state index in [1.165, 1.54) is 4.90 Å². The highest BCUT2D eigenvalue weighted by Gasteiger charge is 2.36. The molecule has 0 spiro atoms. The number of ether oxygens (including phenoxy) is 1. The largest absolute Gasteiger partial charge is 0.497 e. The summed E-state index contributed by atoms with van der Waals surface area (Å²) in [7, 11) is 1.55. The average Bonchev–Trinajstić information content (AvgIpc) is 3.13. The highest BCUT2D eigenvalue weighted by atomic mass is 35.5. The second-order valence-corrected chi connectivity index (χ2v) is 7.81. The Bertz CT molecular complexity index is 965. The van der Waals surface area contributed by atoms with Gasteiger partial charge in [-0.1, -0.05) is 35.9 Å². The van der Waals surface area contributed by atoms with Crippen molar-refractivity contribution in [2.45, 2.75) is 19.9 Å². The molecule has 8 heteroatoms. The maximum Gasteiger partial charge on any atom is 0.243 e. The van der Waals surface area contributed by atoms with Gasteiger partial charge in [-0.3, -0.25) is 14.4 Å². The van der Waals surface area contributed by atoms with E-state index in [1.807, 2.05) is 25.1 Å². The Kier molecular flexibility index (Phi) is 7.52. The van der Waals surface area contributed by atoms with Gasteiger partial charge in [0, 0.05) is 42.8 Å². The van der Waals surface area contributed by atoms with Gasteiger partial charge in [0.1, 0.15) is 5.75 Å². The predicted molar refractivity (Wildman–Crippen MR) is 119 cm³/mol. The SMILES string of the molecule is CCN(CC(=O)Nc1cccc(OC)c1)C(=O)[C@@H]1CC(=O)N(Cc2ccccc2Cl)C1. The summed E-state index contributed by atoms with van der Waals surface area (Å²) in [6, 6.07) is 14.4. The number of benzene rings is 2. The number of hydrogen-bond acceptors (Lipinski definition) is 4. The topological polar surface area (TPSA) is 79.0 Å². The number of rotatable bonds is 8. The summed E-state index contributed by atoms with van der Waals surface area (Å²) >= 11 is 6.20. The van der Waals surface area contributed by atoms with E-state index < -0.39 is 5.92 Å². The highest BCUT2D eigenvalue weighted by Crippen LogP contribution is 2.25. The number of halogens is 1. The van der Waals surface area contributed by atoms with E-state index >= 15 is 0 Å². The van der Waals surface area contributed by atoms with E-state index in [9.17, 15) is 14.4 Å². The second-order valence-electron chi connectivity index (χ2n) is 7.40. The molecule has 0 bridgehead atoms. The molecule has 3 amide bonds. The predicted octanol–water partition coefficient (Wildman–Crippen LogP) is 3.18. The smallest absolute Gasteiger partial charge is 0.243 e. The van der Waals surface area contributed by atoms with Crippen molar-refractivity contribution in [2.24, 2.45) is 5.92 Å². The van der Waals surface area contributed by atoms with Gasteiger partial charge in [0.15, 0.2) is 0 Å². The second kappa shape index (κ2) is 10.3. The third-order valence-electron chi connectivity index (χ3n) is 5.26. The van der Waals surface area contributed by atoms with Crippen LogP contribution in [0.4, 0.5) is 5.69 Å². The first-order valence-corrected chi connectivity index (χ1v) is 10.5. The van der Waals surface area contributed by atoms with Gasteiger partial charge in [0.2, 0.25) is 17.7 Å². The molecule has 1 fully saturated rings. The van der Waals surface area contributed by atoms with Crippen LogP contribution in [0.1, 0.15) is 18.9 Å². The van der Waals surface area contributed by atoms with Crippen LogP contribution >= 0.6 is 11.6 Å². The van der Waals surface area contributed by atoms with Crippen molar-refractivity contribution in [3.05, 3.63) is 59.1 Å². The minimum absolute atomic E-state index is 0.0816. The molecule has 2 aromatic carbocycles. The fourth-order valence-electron chi connectivity index (χ4n) is 3.60. The van der Waals surface area contributed by atoms with Gasteiger partial charge < -0.3 is 19.9 Å². The molecular formula is C23H26ClN3O4. The molecular weight excluding hydrogens is 418 g/mol. The maximum absolute atomic E-state index is 13.0. The van der Waals surface area contributed by atoms with Gasteiger partial charge >= 0.3 is 0 Å². The Balaban J connectivity index is 1.59. The number of nitrogens with one attached hydrogen (secondary N) is 1. The summed E-state index contributed by atoms with van der Waals surface area (Å²) in [5.41, 5.74) is 1.44. The molecule has 31 heavy (non-hydrogen) atoms. The van der Waals surface area contributed by atoms with Crippen molar-refractivity contribution in [3.8, 4) is 5.75 Å². The lowest BCUT2D eigenvalue weighted by Gasteiger charge is -2.24. The third-order valence-corrected chi connectivity index (χ3v) is 5.63. The lowest BCUT2D eigenvalue weighted by atomic mass is 10.1. The van der Waals surface area contributed by atoms with E-state index in [4.69, 9.17) is 16.3 Å². The molecule has 164 valence electrons. The molecule has 1 aliphatic rings. The molecule has 0 saturated carbocycles. The van der Waals surface area contributed by atoms with Crippen LogP contribution in [-0.2, 0) is 20.9 Å². The van der Waals surface area contributed by atoms with Crippen LogP contribution in [-0.4, -0.2) is 54.3 Å². The molecule has 1 heterocycles. The molecule has 0 aromatic heterocycles. The minimum Gasteiger partial charge on any atom is -0.497 e. The number of hydrogen-bond donors (Lipinski definition) is 1. The monoisotopic (exact) mass is 443 g/mol. The lowest BCUT2D eigenvalue weighted by Crippen LogP contribution is -2.42. The quantitative estimate of drug-likeness (QED) is 0.679. The molecule has 0 unspecified atom stereocenters. The zero-order chi connectivity index (χ0) is 22.4. The lowest BCUT2D eigenvalue weighted by molar-refractivity contribution is -0.138. The molecule has 1 saturated heterocycles. The molecule has 1 N–H and O–H groups in total. The normalized spacial score (nSPS) is 15.6. The van der Waals surface area contributed by atoms with Gasteiger partial charge in [0.05, 0.1) is 19.6 Å². The number of likely N-dealkylation sites (tertiary alicyclic amines) is 1. The van der Waals surface area contributed by atoms with Crippen molar-refractivity contribution < 1.29 is 19.1 Å². The third kappa shape index (κ3) is 5.76. The summed E-state index contributed by atoms with van der Waals surface area (Å²) in [6.07, 6.45) is 0.136. The Morgan fingerprint density at radius 2 is 2.00 bits per heavy atom. The van der Waals surface area contributed by atoms with Gasteiger partial charge in [-0.15, -0.1) is 0 Å². The van der Waals surface area contributed by atoms with Crippen molar-refractivity contribution in [3.63, 3.8) is 0 Å². The molecule has 3 rings (SSSR count). The Morgan fingerprint density at radius 1 is 1.23 bits per heavy atom. The van der Waals surface area contributed by atoms with Crippen LogP contribution in [0.15, 0.2) is 48.5 Å². The van der Waals surface area contributed by atoms with Crippen molar-refractivity contribution in [1.82, 2.24) is 9.80 Å². The van der Waals surface area contributed by atoms with Crippen molar-refractivity contribution in [2.75, 3.05) is 32.1 Å². The van der Waals surface area contributed by atoms with E-state index in [1.54, 1.807) is 42.3 Å². The first-order chi connectivity index (χ1) is 14.9. The summed E-state index contributed by atoms with van der Waals surface area (Å²) in [4.78, 5) is 41.1. The number of likely N-dealkylation sites (N-methyl/N-ethyl adjacent to an activating group) is 1. The first-order valence-electron chi connectivity index (χ1n) is 10.1. The van der Waals surface area contributed by atoms with Crippen LogP contribution < -0.4 is 10.1 Å².